The molecule has 1 amide bonds. The number of fused-ring (bicyclic) bond motifs is 3. The van der Waals surface area contributed by atoms with Crippen molar-refractivity contribution in [3.8, 4) is 0 Å². The minimum Gasteiger partial charge on any atom is -0.481 e. The maximum absolute atomic E-state index is 12.5. The lowest BCUT2D eigenvalue weighted by atomic mass is 9.94. The second-order valence-corrected chi connectivity index (χ2v) is 8.62. The van der Waals surface area contributed by atoms with Gasteiger partial charge in [-0.15, -0.1) is 0 Å². The lowest BCUT2D eigenvalue weighted by Crippen LogP contribution is -2.24. The van der Waals surface area contributed by atoms with E-state index in [1.807, 2.05) is 30.3 Å². The molecule has 3 N–H and O–H groups in total. The van der Waals surface area contributed by atoms with Crippen molar-refractivity contribution in [1.29, 1.82) is 0 Å². The van der Waals surface area contributed by atoms with Crippen molar-refractivity contribution in [1.82, 2.24) is 5.32 Å². The molecular weight excluding hydrogens is 462 g/mol. The number of ketones is 1. The third-order valence-electron chi connectivity index (χ3n) is 6.01. The van der Waals surface area contributed by atoms with E-state index in [2.05, 4.69) is 15.6 Å². The molecule has 4 rings (SSSR count). The molecule has 1 aliphatic rings. The van der Waals surface area contributed by atoms with Crippen molar-refractivity contribution in [3.63, 3.8) is 0 Å². The van der Waals surface area contributed by atoms with Crippen LogP contribution in [0.3, 0.4) is 0 Å². The maximum Gasteiger partial charge on any atom is 0.306 e. The molecule has 0 saturated carbocycles. The van der Waals surface area contributed by atoms with Gasteiger partial charge in [0.25, 0.3) is 5.91 Å². The molecule has 0 aromatic heterocycles. The summed E-state index contributed by atoms with van der Waals surface area (Å²) in [6, 6.07) is 16.2. The Morgan fingerprint density at radius 1 is 1.00 bits per heavy atom. The third-order valence-corrected chi connectivity index (χ3v) is 6.01. The third kappa shape index (κ3) is 5.57. The van der Waals surface area contributed by atoms with Crippen molar-refractivity contribution < 1.29 is 29.4 Å². The van der Waals surface area contributed by atoms with E-state index in [4.69, 9.17) is 5.11 Å². The highest BCUT2D eigenvalue weighted by atomic mass is 16.4. The van der Waals surface area contributed by atoms with Gasteiger partial charge in [0.05, 0.1) is 17.2 Å². The van der Waals surface area contributed by atoms with Crippen LogP contribution in [0.25, 0.3) is 10.8 Å². The number of carboxylic acid groups (broad SMARTS) is 2. The second-order valence-electron chi connectivity index (χ2n) is 8.62. The molecule has 1 radical (unpaired) electrons. The predicted octanol–water partition coefficient (Wildman–Crippen LogP) is 4.40. The van der Waals surface area contributed by atoms with E-state index in [9.17, 15) is 24.3 Å². The Kier molecular flexibility index (Phi) is 7.10. The summed E-state index contributed by atoms with van der Waals surface area (Å²) in [5.41, 5.74) is 3.16. The van der Waals surface area contributed by atoms with Crippen LogP contribution in [-0.2, 0) is 16.1 Å². The van der Waals surface area contributed by atoms with E-state index < -0.39 is 17.9 Å². The van der Waals surface area contributed by atoms with Gasteiger partial charge in [0, 0.05) is 30.6 Å². The van der Waals surface area contributed by atoms with E-state index >= 15 is 0 Å². The van der Waals surface area contributed by atoms with Gasteiger partial charge < -0.3 is 15.5 Å². The SMILES string of the molecule is CC1=Nc2ccc3ccc(CNc4ccc(C(=O)CC(CCC(=O)O)C(=O)O)cc4)cc3c2C(=O)[N]1. The normalized spacial score (nSPS) is 13.4. The summed E-state index contributed by atoms with van der Waals surface area (Å²) >= 11 is 0. The number of hydrogen-bond donors (Lipinski definition) is 3. The molecule has 0 bridgehead atoms. The van der Waals surface area contributed by atoms with Gasteiger partial charge in [-0.2, -0.15) is 5.32 Å². The number of carbonyl (C=O) groups excluding carboxylic acids is 2. The number of nitrogens with zero attached hydrogens (tertiary/aromatic N) is 2. The molecule has 3 aromatic carbocycles. The summed E-state index contributed by atoms with van der Waals surface area (Å²) in [5, 5.41) is 27.0. The molecule has 1 aliphatic heterocycles. The van der Waals surface area contributed by atoms with Gasteiger partial charge in [0.15, 0.2) is 5.78 Å². The predicted molar refractivity (Wildman–Crippen MR) is 134 cm³/mol. The molecule has 183 valence electrons. The Morgan fingerprint density at radius 3 is 2.42 bits per heavy atom. The fraction of sp³-hybridized carbons (Fsp3) is 0.222. The molecule has 0 spiro atoms. The van der Waals surface area contributed by atoms with Gasteiger partial charge in [-0.1, -0.05) is 18.2 Å². The molecule has 0 aliphatic carbocycles. The second kappa shape index (κ2) is 10.4. The van der Waals surface area contributed by atoms with Crippen LogP contribution < -0.4 is 10.6 Å². The Balaban J connectivity index is 1.43. The van der Waals surface area contributed by atoms with Crippen LogP contribution >= 0.6 is 0 Å². The van der Waals surface area contributed by atoms with E-state index in [1.165, 1.54) is 0 Å². The molecular formula is C27H24N3O6. The summed E-state index contributed by atoms with van der Waals surface area (Å²) in [4.78, 5) is 51.5. The van der Waals surface area contributed by atoms with E-state index in [-0.39, 0.29) is 31.0 Å². The molecule has 1 heterocycles. The number of nitrogens with one attached hydrogen (secondary N) is 1. The quantitative estimate of drug-likeness (QED) is 0.360. The fourth-order valence-corrected chi connectivity index (χ4v) is 4.12. The molecule has 9 nitrogen and oxygen atoms in total. The van der Waals surface area contributed by atoms with E-state index in [0.29, 0.717) is 29.2 Å². The van der Waals surface area contributed by atoms with Crippen molar-refractivity contribution in [2.75, 3.05) is 5.32 Å². The summed E-state index contributed by atoms with van der Waals surface area (Å²) in [5.74, 6) is -3.55. The largest absolute Gasteiger partial charge is 0.481 e. The number of aliphatic carboxylic acids is 2. The Hall–Kier alpha value is -4.53. The monoisotopic (exact) mass is 486 g/mol. The highest BCUT2D eigenvalue weighted by Crippen LogP contribution is 2.31. The molecule has 0 saturated heterocycles. The zero-order valence-electron chi connectivity index (χ0n) is 19.5. The summed E-state index contributed by atoms with van der Waals surface area (Å²) in [7, 11) is 0. The van der Waals surface area contributed by atoms with Gasteiger partial charge in [-0.25, -0.2) is 4.99 Å². The van der Waals surface area contributed by atoms with Crippen molar-refractivity contribution in [3.05, 3.63) is 71.3 Å². The summed E-state index contributed by atoms with van der Waals surface area (Å²) in [6.45, 7) is 2.16. The first-order chi connectivity index (χ1) is 17.2. The number of Topliss-reactive ketones (excluding diaryl/α,β-unsaturated/α-hetero) is 1. The number of carbonyl (C=O) groups is 4. The maximum atomic E-state index is 12.5. The molecule has 1 unspecified atom stereocenters. The van der Waals surface area contributed by atoms with Gasteiger partial charge in [-0.05, 0) is 66.1 Å². The Morgan fingerprint density at radius 2 is 1.72 bits per heavy atom. The standard InChI is InChI=1S/C27H24N3O6/c1-15-29-22-10-6-17-3-2-16(12-21(17)25(22)26(34)30-15)14-28-20-8-4-18(5-9-20)23(31)13-19(27(35)36)7-11-24(32)33/h2-6,8-10,12,19,28H,7,11,13-14H2,1H3,(H,32,33)(H,35,36). The minimum absolute atomic E-state index is 0.101. The molecule has 0 fully saturated rings. The molecule has 1 atom stereocenters. The van der Waals surface area contributed by atoms with Crippen LogP contribution in [0.4, 0.5) is 11.4 Å². The summed E-state index contributed by atoms with van der Waals surface area (Å²) < 4.78 is 0. The minimum atomic E-state index is -1.18. The number of rotatable bonds is 10. The smallest absolute Gasteiger partial charge is 0.306 e. The highest BCUT2D eigenvalue weighted by Gasteiger charge is 2.23. The van der Waals surface area contributed by atoms with Crippen LogP contribution in [0.2, 0.25) is 0 Å². The van der Waals surface area contributed by atoms with Crippen molar-refractivity contribution in [2.45, 2.75) is 32.7 Å². The van der Waals surface area contributed by atoms with Gasteiger partial charge >= 0.3 is 11.9 Å². The zero-order chi connectivity index (χ0) is 25.8. The van der Waals surface area contributed by atoms with Gasteiger partial charge in [0.1, 0.15) is 5.84 Å². The van der Waals surface area contributed by atoms with E-state index in [1.54, 1.807) is 31.2 Å². The van der Waals surface area contributed by atoms with Crippen LogP contribution in [0.15, 0.2) is 59.6 Å². The average molecular weight is 487 g/mol. The first kappa shape index (κ1) is 24.6. The molecule has 3 aromatic rings. The van der Waals surface area contributed by atoms with Gasteiger partial charge in [-0.3, -0.25) is 19.2 Å². The number of aliphatic imine (C=N–C) groups is 1. The van der Waals surface area contributed by atoms with Crippen LogP contribution in [0.1, 0.15) is 52.5 Å². The van der Waals surface area contributed by atoms with Crippen molar-refractivity contribution in [2.24, 2.45) is 10.9 Å². The van der Waals surface area contributed by atoms with Crippen LogP contribution in [0, 0.1) is 5.92 Å². The fourth-order valence-electron chi connectivity index (χ4n) is 4.12. The first-order valence-corrected chi connectivity index (χ1v) is 11.4. The number of hydrogen-bond acceptors (Lipinski definition) is 6. The van der Waals surface area contributed by atoms with Crippen molar-refractivity contribution >= 4 is 51.6 Å². The number of amidine groups is 1. The summed E-state index contributed by atoms with van der Waals surface area (Å²) in [6.07, 6.45) is -0.664. The average Bonchev–Trinajstić information content (AvgIpc) is 2.84. The lowest BCUT2D eigenvalue weighted by Gasteiger charge is -2.15. The van der Waals surface area contributed by atoms with Crippen LogP contribution in [0.5, 0.6) is 0 Å². The number of benzene rings is 3. The Labute approximate surface area is 206 Å². The zero-order valence-corrected chi connectivity index (χ0v) is 19.5. The highest BCUT2D eigenvalue weighted by molar-refractivity contribution is 6.18. The molecule has 36 heavy (non-hydrogen) atoms. The topological polar surface area (TPSA) is 147 Å². The number of anilines is 1. The van der Waals surface area contributed by atoms with Gasteiger partial charge in [0.2, 0.25) is 0 Å². The number of amides is 1. The van der Waals surface area contributed by atoms with Crippen LogP contribution in [-0.4, -0.2) is 39.7 Å². The Bertz CT molecular complexity index is 1390. The molecule has 9 heteroatoms. The van der Waals surface area contributed by atoms with E-state index in [0.717, 1.165) is 22.0 Å². The number of carboxylic acids is 2. The lowest BCUT2D eigenvalue weighted by molar-refractivity contribution is -0.142. The first-order valence-electron chi connectivity index (χ1n) is 11.4.